The number of nitrogens with one attached hydrogen (secondary N) is 2. The van der Waals surface area contributed by atoms with Gasteiger partial charge in [0.15, 0.2) is 5.58 Å². The van der Waals surface area contributed by atoms with Crippen LogP contribution >= 0.6 is 0 Å². The lowest BCUT2D eigenvalue weighted by atomic mass is 10.1. The molecule has 0 unspecified atom stereocenters. The SMILES string of the molecule is C[C@@H]1CN(C(=O)c2ccnc3c2CCN3)C[C@@H]1NC(=O)c1cnc2ccoc2c1. The average molecular weight is 391 g/mol. The Kier molecular flexibility index (Phi) is 4.19. The molecule has 0 aliphatic carbocycles. The zero-order valence-electron chi connectivity index (χ0n) is 16.0. The molecule has 2 aliphatic rings. The summed E-state index contributed by atoms with van der Waals surface area (Å²) in [6.07, 6.45) is 5.56. The summed E-state index contributed by atoms with van der Waals surface area (Å²) in [5.41, 5.74) is 3.42. The van der Waals surface area contributed by atoms with Gasteiger partial charge in [0.25, 0.3) is 11.8 Å². The highest BCUT2D eigenvalue weighted by Gasteiger charge is 2.35. The van der Waals surface area contributed by atoms with E-state index in [0.29, 0.717) is 35.3 Å². The van der Waals surface area contributed by atoms with Crippen molar-refractivity contribution in [3.63, 3.8) is 0 Å². The van der Waals surface area contributed by atoms with E-state index in [4.69, 9.17) is 4.42 Å². The zero-order valence-corrected chi connectivity index (χ0v) is 16.0. The normalized spacial score (nSPS) is 20.5. The summed E-state index contributed by atoms with van der Waals surface area (Å²) in [6, 6.07) is 5.11. The summed E-state index contributed by atoms with van der Waals surface area (Å²) in [6.45, 7) is 3.93. The van der Waals surface area contributed by atoms with Gasteiger partial charge in [0.05, 0.1) is 17.9 Å². The monoisotopic (exact) mass is 391 g/mol. The molecular weight excluding hydrogens is 370 g/mol. The van der Waals surface area contributed by atoms with Crippen molar-refractivity contribution in [3.05, 3.63) is 53.5 Å². The number of likely N-dealkylation sites (tertiary alicyclic amines) is 1. The van der Waals surface area contributed by atoms with Crippen LogP contribution in [0.3, 0.4) is 0 Å². The summed E-state index contributed by atoms with van der Waals surface area (Å²) < 4.78 is 5.33. The minimum atomic E-state index is -0.212. The smallest absolute Gasteiger partial charge is 0.254 e. The first-order valence-corrected chi connectivity index (χ1v) is 9.75. The van der Waals surface area contributed by atoms with Crippen molar-refractivity contribution in [2.24, 2.45) is 5.92 Å². The first-order valence-electron chi connectivity index (χ1n) is 9.75. The van der Waals surface area contributed by atoms with E-state index in [-0.39, 0.29) is 23.8 Å². The van der Waals surface area contributed by atoms with Gasteiger partial charge in [-0.3, -0.25) is 14.6 Å². The van der Waals surface area contributed by atoms with E-state index < -0.39 is 0 Å². The molecule has 3 aromatic rings. The number of carbonyl (C=O) groups is 2. The summed E-state index contributed by atoms with van der Waals surface area (Å²) in [4.78, 5) is 36.2. The van der Waals surface area contributed by atoms with Crippen LogP contribution in [0.5, 0.6) is 0 Å². The highest BCUT2D eigenvalue weighted by Crippen LogP contribution is 2.26. The highest BCUT2D eigenvalue weighted by molar-refractivity contribution is 5.98. The number of nitrogens with zero attached hydrogens (tertiary/aromatic N) is 3. The quantitative estimate of drug-likeness (QED) is 0.709. The van der Waals surface area contributed by atoms with Gasteiger partial charge in [-0.2, -0.15) is 0 Å². The van der Waals surface area contributed by atoms with E-state index in [9.17, 15) is 9.59 Å². The summed E-state index contributed by atoms with van der Waals surface area (Å²) >= 11 is 0. The van der Waals surface area contributed by atoms with Crippen molar-refractivity contribution in [1.29, 1.82) is 0 Å². The Bertz CT molecular complexity index is 1110. The van der Waals surface area contributed by atoms with Crippen molar-refractivity contribution < 1.29 is 14.0 Å². The number of fused-ring (bicyclic) bond motifs is 2. The predicted octanol–water partition coefficient (Wildman–Crippen LogP) is 2.08. The fourth-order valence-electron chi connectivity index (χ4n) is 4.12. The van der Waals surface area contributed by atoms with Crippen LogP contribution in [0.25, 0.3) is 11.1 Å². The van der Waals surface area contributed by atoms with Gasteiger partial charge in [-0.05, 0) is 24.5 Å². The molecule has 8 heteroatoms. The summed E-state index contributed by atoms with van der Waals surface area (Å²) in [7, 11) is 0. The molecule has 0 aromatic carbocycles. The lowest BCUT2D eigenvalue weighted by Gasteiger charge is -2.18. The highest BCUT2D eigenvalue weighted by atomic mass is 16.3. The lowest BCUT2D eigenvalue weighted by Crippen LogP contribution is -2.40. The van der Waals surface area contributed by atoms with E-state index in [1.807, 2.05) is 11.8 Å². The fraction of sp³-hybridized carbons (Fsp3) is 0.333. The van der Waals surface area contributed by atoms with E-state index in [2.05, 4.69) is 20.6 Å². The van der Waals surface area contributed by atoms with Gasteiger partial charge in [0, 0.05) is 49.2 Å². The van der Waals surface area contributed by atoms with Crippen LogP contribution in [0.1, 0.15) is 33.2 Å². The standard InChI is InChI=1S/C21H21N5O3/c1-12-10-26(21(28)15-3-6-23-19-14(15)2-5-22-19)11-17(12)25-20(27)13-8-18-16(24-9-13)4-7-29-18/h3-4,6-9,12,17H,2,5,10-11H2,1H3,(H,22,23)(H,25,27)/t12-,17+/m1/s1. The van der Waals surface area contributed by atoms with Gasteiger partial charge in [0.2, 0.25) is 0 Å². The van der Waals surface area contributed by atoms with E-state index in [1.54, 1.807) is 36.9 Å². The minimum Gasteiger partial charge on any atom is -0.463 e. The van der Waals surface area contributed by atoms with Gasteiger partial charge in [-0.1, -0.05) is 6.92 Å². The topological polar surface area (TPSA) is 100 Å². The number of hydrogen-bond donors (Lipinski definition) is 2. The molecule has 5 rings (SSSR count). The maximum atomic E-state index is 13.1. The minimum absolute atomic E-state index is 0.00498. The van der Waals surface area contributed by atoms with Crippen LogP contribution in [0.15, 0.2) is 41.3 Å². The maximum absolute atomic E-state index is 13.1. The Hall–Kier alpha value is -3.42. The third kappa shape index (κ3) is 3.10. The molecule has 0 radical (unpaired) electrons. The van der Waals surface area contributed by atoms with Crippen LogP contribution in [0, 0.1) is 5.92 Å². The van der Waals surface area contributed by atoms with Gasteiger partial charge < -0.3 is 20.0 Å². The molecule has 2 N–H and O–H groups in total. The van der Waals surface area contributed by atoms with Crippen LogP contribution < -0.4 is 10.6 Å². The van der Waals surface area contributed by atoms with Crippen molar-refractivity contribution in [3.8, 4) is 0 Å². The third-order valence-corrected chi connectivity index (χ3v) is 5.73. The van der Waals surface area contributed by atoms with Crippen LogP contribution in [0.4, 0.5) is 5.82 Å². The molecule has 2 aliphatic heterocycles. The van der Waals surface area contributed by atoms with Gasteiger partial charge in [-0.15, -0.1) is 0 Å². The number of amides is 2. The second-order valence-electron chi connectivity index (χ2n) is 7.66. The molecule has 1 fully saturated rings. The first-order chi connectivity index (χ1) is 14.1. The molecule has 3 aromatic heterocycles. The van der Waals surface area contributed by atoms with E-state index in [0.717, 1.165) is 24.3 Å². The average Bonchev–Trinajstić information content (AvgIpc) is 3.46. The Balaban J connectivity index is 1.30. The number of carbonyl (C=O) groups excluding carboxylic acids is 2. The van der Waals surface area contributed by atoms with Crippen LogP contribution in [-0.4, -0.2) is 52.4 Å². The maximum Gasteiger partial charge on any atom is 0.254 e. The van der Waals surface area contributed by atoms with E-state index >= 15 is 0 Å². The second-order valence-corrected chi connectivity index (χ2v) is 7.66. The molecule has 8 nitrogen and oxygen atoms in total. The Morgan fingerprint density at radius 3 is 3.07 bits per heavy atom. The molecule has 1 saturated heterocycles. The number of hydrogen-bond acceptors (Lipinski definition) is 6. The molecule has 0 bridgehead atoms. The number of anilines is 1. The number of furan rings is 1. The lowest BCUT2D eigenvalue weighted by molar-refractivity contribution is 0.0780. The zero-order chi connectivity index (χ0) is 20.0. The molecule has 2 atom stereocenters. The van der Waals surface area contributed by atoms with Gasteiger partial charge in [0.1, 0.15) is 11.3 Å². The predicted molar refractivity (Wildman–Crippen MR) is 107 cm³/mol. The third-order valence-electron chi connectivity index (χ3n) is 5.73. The largest absolute Gasteiger partial charge is 0.463 e. The summed E-state index contributed by atoms with van der Waals surface area (Å²) in [5.74, 6) is 0.732. The second kappa shape index (κ2) is 6.88. The Labute approximate surface area is 167 Å². The Morgan fingerprint density at radius 2 is 2.17 bits per heavy atom. The van der Waals surface area contributed by atoms with Crippen molar-refractivity contribution in [2.45, 2.75) is 19.4 Å². The Morgan fingerprint density at radius 1 is 1.28 bits per heavy atom. The number of rotatable bonds is 3. The molecule has 5 heterocycles. The van der Waals surface area contributed by atoms with Crippen LogP contribution in [0.2, 0.25) is 0 Å². The number of pyridine rings is 2. The van der Waals surface area contributed by atoms with Crippen molar-refractivity contribution in [1.82, 2.24) is 20.2 Å². The van der Waals surface area contributed by atoms with Crippen LogP contribution in [-0.2, 0) is 6.42 Å². The van der Waals surface area contributed by atoms with E-state index in [1.165, 1.54) is 0 Å². The first kappa shape index (κ1) is 17.7. The molecule has 0 saturated carbocycles. The van der Waals surface area contributed by atoms with Gasteiger partial charge >= 0.3 is 0 Å². The molecule has 29 heavy (non-hydrogen) atoms. The molecule has 148 valence electrons. The van der Waals surface area contributed by atoms with Crippen molar-refractivity contribution in [2.75, 3.05) is 25.0 Å². The number of aromatic nitrogens is 2. The van der Waals surface area contributed by atoms with Gasteiger partial charge in [-0.25, -0.2) is 4.98 Å². The fourth-order valence-corrected chi connectivity index (χ4v) is 4.12. The molecular formula is C21H21N5O3. The molecule has 0 spiro atoms. The summed E-state index contributed by atoms with van der Waals surface area (Å²) in [5, 5.41) is 6.26. The van der Waals surface area contributed by atoms with Crippen molar-refractivity contribution >= 4 is 28.7 Å². The molecule has 2 amide bonds.